The molecule has 0 aromatic heterocycles. The monoisotopic (exact) mass is 198 g/mol. The van der Waals surface area contributed by atoms with Crippen LogP contribution in [0.3, 0.4) is 0 Å². The van der Waals surface area contributed by atoms with Crippen LogP contribution in [-0.4, -0.2) is 6.29 Å². The van der Waals surface area contributed by atoms with E-state index in [0.717, 1.165) is 25.7 Å². The summed E-state index contributed by atoms with van der Waals surface area (Å²) < 4.78 is 0. The Hall–Kier alpha value is -0.330. The second-order valence-electron chi connectivity index (χ2n) is 4.44. The molecule has 0 rings (SSSR count). The summed E-state index contributed by atoms with van der Waals surface area (Å²) in [6.45, 7) is 6.57. The standard InChI is InChI=1S/C13H26O/c1-4-7-10-13(12-14,9-6-3)11-8-5-2/h12H,4-11H2,1-3H3. The van der Waals surface area contributed by atoms with Gasteiger partial charge in [0.15, 0.2) is 0 Å². The lowest BCUT2D eigenvalue weighted by Gasteiger charge is -2.27. The summed E-state index contributed by atoms with van der Waals surface area (Å²) in [5, 5.41) is 0. The molecule has 0 N–H and O–H groups in total. The van der Waals surface area contributed by atoms with Crippen molar-refractivity contribution in [3.05, 3.63) is 0 Å². The van der Waals surface area contributed by atoms with Crippen LogP contribution < -0.4 is 0 Å². The van der Waals surface area contributed by atoms with Crippen LogP contribution in [0.5, 0.6) is 0 Å². The average molecular weight is 198 g/mol. The average Bonchev–Trinajstić information content (AvgIpc) is 2.22. The van der Waals surface area contributed by atoms with Gasteiger partial charge in [-0.3, -0.25) is 0 Å². The van der Waals surface area contributed by atoms with E-state index in [1.165, 1.54) is 32.0 Å². The molecule has 0 aromatic carbocycles. The van der Waals surface area contributed by atoms with Crippen molar-refractivity contribution in [1.29, 1.82) is 0 Å². The predicted molar refractivity (Wildman–Crippen MR) is 62.5 cm³/mol. The van der Waals surface area contributed by atoms with Gasteiger partial charge in [0.2, 0.25) is 0 Å². The van der Waals surface area contributed by atoms with E-state index in [1.54, 1.807) is 0 Å². The Labute approximate surface area is 89.3 Å². The molecule has 84 valence electrons. The van der Waals surface area contributed by atoms with Crippen molar-refractivity contribution in [3.8, 4) is 0 Å². The van der Waals surface area contributed by atoms with Gasteiger partial charge in [0.1, 0.15) is 6.29 Å². The number of unbranched alkanes of at least 4 members (excludes halogenated alkanes) is 2. The minimum absolute atomic E-state index is 0.0147. The number of rotatable bonds is 9. The topological polar surface area (TPSA) is 17.1 Å². The van der Waals surface area contributed by atoms with Crippen molar-refractivity contribution in [3.63, 3.8) is 0 Å². The van der Waals surface area contributed by atoms with E-state index in [1.807, 2.05) is 0 Å². The first-order valence-electron chi connectivity index (χ1n) is 6.21. The van der Waals surface area contributed by atoms with Crippen LogP contribution in [0.1, 0.15) is 72.1 Å². The van der Waals surface area contributed by atoms with Gasteiger partial charge in [-0.1, -0.05) is 52.9 Å². The molecule has 0 aliphatic rings. The SMILES string of the molecule is CCCCC(C=O)(CCC)CCCC. The largest absolute Gasteiger partial charge is 0.303 e. The summed E-state index contributed by atoms with van der Waals surface area (Å²) in [5.74, 6) is 0. The Balaban J connectivity index is 4.18. The lowest BCUT2D eigenvalue weighted by molar-refractivity contribution is -0.117. The fourth-order valence-corrected chi connectivity index (χ4v) is 2.11. The van der Waals surface area contributed by atoms with E-state index in [9.17, 15) is 4.79 Å². The fraction of sp³-hybridized carbons (Fsp3) is 0.923. The highest BCUT2D eigenvalue weighted by Gasteiger charge is 2.26. The molecule has 1 heteroatoms. The van der Waals surface area contributed by atoms with E-state index >= 15 is 0 Å². The molecule has 1 nitrogen and oxygen atoms in total. The molecule has 0 aliphatic heterocycles. The molecule has 0 amide bonds. The number of aldehydes is 1. The Kier molecular flexibility index (Phi) is 7.83. The molecule has 0 heterocycles. The highest BCUT2D eigenvalue weighted by molar-refractivity contribution is 5.59. The Morgan fingerprint density at radius 3 is 1.64 bits per heavy atom. The van der Waals surface area contributed by atoms with Gasteiger partial charge in [-0.25, -0.2) is 0 Å². The highest BCUT2D eigenvalue weighted by Crippen LogP contribution is 2.33. The Morgan fingerprint density at radius 2 is 1.36 bits per heavy atom. The first-order chi connectivity index (χ1) is 6.74. The van der Waals surface area contributed by atoms with E-state index in [0.29, 0.717) is 0 Å². The molecular formula is C13H26O. The quantitative estimate of drug-likeness (QED) is 0.503. The predicted octanol–water partition coefficient (Wildman–Crippen LogP) is 4.35. The third-order valence-electron chi connectivity index (χ3n) is 3.05. The van der Waals surface area contributed by atoms with Crippen molar-refractivity contribution in [1.82, 2.24) is 0 Å². The summed E-state index contributed by atoms with van der Waals surface area (Å²) in [6, 6.07) is 0. The Bertz CT molecular complexity index is 132. The summed E-state index contributed by atoms with van der Waals surface area (Å²) >= 11 is 0. The molecule has 0 saturated heterocycles. The third kappa shape index (κ3) is 4.78. The summed E-state index contributed by atoms with van der Waals surface area (Å²) in [5.41, 5.74) is 0.0147. The van der Waals surface area contributed by atoms with Crippen molar-refractivity contribution >= 4 is 6.29 Å². The van der Waals surface area contributed by atoms with Gasteiger partial charge < -0.3 is 4.79 Å². The highest BCUT2D eigenvalue weighted by atomic mass is 16.1. The van der Waals surface area contributed by atoms with Crippen LogP contribution in [0.2, 0.25) is 0 Å². The molecule has 0 radical (unpaired) electrons. The lowest BCUT2D eigenvalue weighted by Crippen LogP contribution is -2.22. The van der Waals surface area contributed by atoms with Crippen LogP contribution in [0.4, 0.5) is 0 Å². The van der Waals surface area contributed by atoms with Crippen molar-refractivity contribution in [2.75, 3.05) is 0 Å². The van der Waals surface area contributed by atoms with E-state index in [4.69, 9.17) is 0 Å². The molecule has 0 atom stereocenters. The second kappa shape index (κ2) is 8.02. The van der Waals surface area contributed by atoms with E-state index in [-0.39, 0.29) is 5.41 Å². The molecule has 0 fully saturated rings. The van der Waals surface area contributed by atoms with Crippen LogP contribution in [-0.2, 0) is 4.79 Å². The van der Waals surface area contributed by atoms with Crippen LogP contribution in [0.15, 0.2) is 0 Å². The zero-order valence-electron chi connectivity index (χ0n) is 10.1. The number of hydrogen-bond acceptors (Lipinski definition) is 1. The number of hydrogen-bond donors (Lipinski definition) is 0. The zero-order chi connectivity index (χ0) is 10.9. The molecule has 0 bridgehead atoms. The van der Waals surface area contributed by atoms with Gasteiger partial charge in [-0.15, -0.1) is 0 Å². The maximum absolute atomic E-state index is 11.2. The molecule has 14 heavy (non-hydrogen) atoms. The van der Waals surface area contributed by atoms with Gasteiger partial charge in [0.05, 0.1) is 0 Å². The second-order valence-corrected chi connectivity index (χ2v) is 4.44. The fourth-order valence-electron chi connectivity index (χ4n) is 2.11. The lowest BCUT2D eigenvalue weighted by atomic mass is 9.76. The Morgan fingerprint density at radius 1 is 0.857 bits per heavy atom. The van der Waals surface area contributed by atoms with Crippen LogP contribution in [0.25, 0.3) is 0 Å². The van der Waals surface area contributed by atoms with Gasteiger partial charge in [-0.2, -0.15) is 0 Å². The molecule has 0 spiro atoms. The third-order valence-corrected chi connectivity index (χ3v) is 3.05. The van der Waals surface area contributed by atoms with E-state index < -0.39 is 0 Å². The first kappa shape index (κ1) is 13.7. The van der Waals surface area contributed by atoms with Gasteiger partial charge in [-0.05, 0) is 19.3 Å². The van der Waals surface area contributed by atoms with Crippen molar-refractivity contribution < 1.29 is 4.79 Å². The van der Waals surface area contributed by atoms with Crippen molar-refractivity contribution in [2.45, 2.75) is 72.1 Å². The van der Waals surface area contributed by atoms with Gasteiger partial charge in [0, 0.05) is 5.41 Å². The maximum atomic E-state index is 11.2. The number of carbonyl (C=O) groups is 1. The smallest absolute Gasteiger partial charge is 0.126 e. The van der Waals surface area contributed by atoms with E-state index in [2.05, 4.69) is 20.8 Å². The maximum Gasteiger partial charge on any atom is 0.126 e. The van der Waals surface area contributed by atoms with Crippen LogP contribution >= 0.6 is 0 Å². The molecule has 0 saturated carbocycles. The zero-order valence-corrected chi connectivity index (χ0v) is 10.1. The normalized spacial score (nSPS) is 11.6. The minimum Gasteiger partial charge on any atom is -0.303 e. The van der Waals surface area contributed by atoms with Gasteiger partial charge in [0.25, 0.3) is 0 Å². The molecule has 0 aliphatic carbocycles. The molecule has 0 aromatic rings. The summed E-state index contributed by atoms with van der Waals surface area (Å²) in [4.78, 5) is 11.2. The minimum atomic E-state index is 0.0147. The first-order valence-corrected chi connectivity index (χ1v) is 6.21. The van der Waals surface area contributed by atoms with Gasteiger partial charge >= 0.3 is 0 Å². The van der Waals surface area contributed by atoms with Crippen LogP contribution in [0, 0.1) is 5.41 Å². The molecule has 0 unspecified atom stereocenters. The summed E-state index contributed by atoms with van der Waals surface area (Å²) in [6.07, 6.45) is 10.4. The molecular weight excluding hydrogens is 172 g/mol. The summed E-state index contributed by atoms with van der Waals surface area (Å²) in [7, 11) is 0. The van der Waals surface area contributed by atoms with Crippen molar-refractivity contribution in [2.24, 2.45) is 5.41 Å². The number of carbonyl (C=O) groups excluding carboxylic acids is 1.